The van der Waals surface area contributed by atoms with Gasteiger partial charge in [0, 0.05) is 69.2 Å². The molecule has 0 spiro atoms. The number of dihydropyridines is 1. The van der Waals surface area contributed by atoms with Crippen LogP contribution in [0.15, 0.2) is 181 Å². The fraction of sp³-hybridized carbons (Fsp3) is 0.0400. The summed E-state index contributed by atoms with van der Waals surface area (Å²) >= 11 is 0. The van der Waals surface area contributed by atoms with Crippen molar-refractivity contribution in [2.75, 3.05) is 6.54 Å². The van der Waals surface area contributed by atoms with E-state index in [1.807, 2.05) is 43.1 Å². The van der Waals surface area contributed by atoms with Crippen LogP contribution >= 0.6 is 0 Å². The highest BCUT2D eigenvalue weighted by molar-refractivity contribution is 6.11. The summed E-state index contributed by atoms with van der Waals surface area (Å²) in [6.07, 6.45) is 12.7. The molecule has 1 aliphatic heterocycles. The number of hydrogen-bond donors (Lipinski definition) is 0. The molecule has 0 aliphatic carbocycles. The first-order valence-electron chi connectivity index (χ1n) is 19.0. The van der Waals surface area contributed by atoms with E-state index >= 15 is 0 Å². The summed E-state index contributed by atoms with van der Waals surface area (Å²) in [4.78, 5) is 18.9. The molecule has 264 valence electrons. The van der Waals surface area contributed by atoms with Gasteiger partial charge in [-0.3, -0.25) is 19.9 Å². The molecule has 0 bridgehead atoms. The van der Waals surface area contributed by atoms with Crippen molar-refractivity contribution in [2.45, 2.75) is 6.42 Å². The highest BCUT2D eigenvalue weighted by Crippen LogP contribution is 2.39. The second-order valence-corrected chi connectivity index (χ2v) is 14.2. The Morgan fingerprint density at radius 1 is 0.446 bits per heavy atom. The molecule has 0 saturated carbocycles. The van der Waals surface area contributed by atoms with Crippen LogP contribution in [0.5, 0.6) is 0 Å². The average molecular weight is 719 g/mol. The second kappa shape index (κ2) is 13.1. The maximum absolute atomic E-state index is 5.13. The summed E-state index contributed by atoms with van der Waals surface area (Å²) in [5, 5.41) is 4.71. The van der Waals surface area contributed by atoms with Crippen LogP contribution < -0.4 is 0 Å². The lowest BCUT2D eigenvalue weighted by Gasteiger charge is -2.14. The first-order valence-corrected chi connectivity index (χ1v) is 19.0. The average Bonchev–Trinajstić information content (AvgIpc) is 3.79. The number of benzene rings is 5. The fourth-order valence-corrected chi connectivity index (χ4v) is 8.54. The Kier molecular flexibility index (Phi) is 7.52. The van der Waals surface area contributed by atoms with Gasteiger partial charge in [0.15, 0.2) is 0 Å². The summed E-state index contributed by atoms with van der Waals surface area (Å²) in [5.41, 5.74) is 15.4. The van der Waals surface area contributed by atoms with Crippen molar-refractivity contribution in [2.24, 2.45) is 4.99 Å². The molecule has 6 nitrogen and oxygen atoms in total. The van der Waals surface area contributed by atoms with Crippen LogP contribution in [-0.2, 0) is 0 Å². The van der Waals surface area contributed by atoms with Crippen LogP contribution in [-0.4, -0.2) is 36.8 Å². The predicted molar refractivity (Wildman–Crippen MR) is 231 cm³/mol. The van der Waals surface area contributed by atoms with E-state index in [1.54, 1.807) is 0 Å². The van der Waals surface area contributed by atoms with Gasteiger partial charge in [0.05, 0.1) is 45.8 Å². The number of hydrogen-bond acceptors (Lipinski definition) is 4. The molecule has 10 aromatic rings. The molecule has 0 unspecified atom stereocenters. The van der Waals surface area contributed by atoms with Crippen LogP contribution in [0.25, 0.3) is 94.2 Å². The van der Waals surface area contributed by atoms with E-state index in [0.29, 0.717) is 0 Å². The van der Waals surface area contributed by atoms with Crippen molar-refractivity contribution < 1.29 is 0 Å². The van der Waals surface area contributed by atoms with Crippen molar-refractivity contribution in [1.82, 2.24) is 24.1 Å². The van der Waals surface area contributed by atoms with Crippen molar-refractivity contribution in [3.05, 3.63) is 182 Å². The van der Waals surface area contributed by atoms with Crippen molar-refractivity contribution in [3.63, 3.8) is 0 Å². The topological polar surface area (TPSA) is 60.9 Å². The standard InChI is InChI=1S/C50H34N6/c1-3-14-39(37(12-1)33-20-24-51-25-21-33)45-29-43-41-16-5-7-18-47(41)55(49(43)31-53-45)35-10-9-11-36(28-35)56-48-19-8-6-17-42(48)44-30-46(54-32-50(44)56)40-15-4-2-13-38(40)34-22-26-52-27-23-34/h1-22,24-26,28-32H,23,27H2. The molecule has 0 radical (unpaired) electrons. The van der Waals surface area contributed by atoms with Crippen LogP contribution in [0.4, 0.5) is 0 Å². The normalized spacial score (nSPS) is 12.9. The molecule has 0 fully saturated rings. The molecule has 5 aromatic heterocycles. The number of para-hydroxylation sites is 2. The Labute approximate surface area is 323 Å². The van der Waals surface area contributed by atoms with E-state index in [1.165, 1.54) is 27.3 Å². The summed E-state index contributed by atoms with van der Waals surface area (Å²) in [5.74, 6) is 0. The van der Waals surface area contributed by atoms with Crippen molar-refractivity contribution in [1.29, 1.82) is 0 Å². The van der Waals surface area contributed by atoms with Gasteiger partial charge in [-0.25, -0.2) is 0 Å². The first kappa shape index (κ1) is 32.0. The van der Waals surface area contributed by atoms with Crippen LogP contribution in [0, 0.1) is 0 Å². The lowest BCUT2D eigenvalue weighted by Crippen LogP contribution is -1.99. The SMILES string of the molecule is C1=NCCC(c2ccccc2-c2cc3c4ccccc4n(-c4cccc(-n5c6ccccc6c6cc(-c7ccccc7-c7ccncc7)ncc65)c4)c3cn2)=C1. The molecule has 56 heavy (non-hydrogen) atoms. The van der Waals surface area contributed by atoms with Gasteiger partial charge in [0.1, 0.15) is 0 Å². The molecule has 6 heterocycles. The van der Waals surface area contributed by atoms with Crippen molar-refractivity contribution >= 4 is 55.4 Å². The minimum atomic E-state index is 0.812. The third-order valence-corrected chi connectivity index (χ3v) is 11.1. The molecule has 0 N–H and O–H groups in total. The maximum atomic E-state index is 5.13. The van der Waals surface area contributed by atoms with Gasteiger partial charge < -0.3 is 9.13 Å². The summed E-state index contributed by atoms with van der Waals surface area (Å²) in [6.45, 7) is 0.812. The Bertz CT molecular complexity index is 3200. The van der Waals surface area contributed by atoms with Gasteiger partial charge in [-0.1, -0.05) is 91.0 Å². The predicted octanol–water partition coefficient (Wildman–Crippen LogP) is 11.9. The highest BCUT2D eigenvalue weighted by atomic mass is 15.0. The minimum absolute atomic E-state index is 0.812. The van der Waals surface area contributed by atoms with Crippen molar-refractivity contribution in [3.8, 4) is 45.0 Å². The lowest BCUT2D eigenvalue weighted by molar-refractivity contribution is 1.02. The zero-order chi connectivity index (χ0) is 37.0. The van der Waals surface area contributed by atoms with Gasteiger partial charge in [0.25, 0.3) is 0 Å². The molecule has 0 saturated heterocycles. The summed E-state index contributed by atoms with van der Waals surface area (Å²) in [7, 11) is 0. The van der Waals surface area contributed by atoms with E-state index in [0.717, 1.165) is 85.4 Å². The molecule has 6 heteroatoms. The summed E-state index contributed by atoms with van der Waals surface area (Å²) in [6, 6.07) is 51.8. The van der Waals surface area contributed by atoms with Gasteiger partial charge in [-0.05, 0) is 89.4 Å². The number of nitrogens with zero attached hydrogens (tertiary/aromatic N) is 6. The zero-order valence-electron chi connectivity index (χ0n) is 30.4. The molecule has 11 rings (SSSR count). The summed E-state index contributed by atoms with van der Waals surface area (Å²) < 4.78 is 4.68. The number of fused-ring (bicyclic) bond motifs is 6. The van der Waals surface area contributed by atoms with E-state index in [4.69, 9.17) is 9.97 Å². The number of allylic oxidation sites excluding steroid dienone is 1. The maximum Gasteiger partial charge on any atom is 0.0724 e. The molecule has 0 amide bonds. The second-order valence-electron chi connectivity index (χ2n) is 14.2. The van der Waals surface area contributed by atoms with E-state index < -0.39 is 0 Å². The minimum Gasteiger partial charge on any atom is -0.308 e. The lowest BCUT2D eigenvalue weighted by atomic mass is 9.94. The monoisotopic (exact) mass is 718 g/mol. The van der Waals surface area contributed by atoms with Gasteiger partial charge in [-0.15, -0.1) is 0 Å². The largest absolute Gasteiger partial charge is 0.308 e. The third-order valence-electron chi connectivity index (χ3n) is 11.1. The van der Waals surface area contributed by atoms with Gasteiger partial charge in [0.2, 0.25) is 0 Å². The van der Waals surface area contributed by atoms with Gasteiger partial charge in [-0.2, -0.15) is 0 Å². The number of aliphatic imine (C=N–C) groups is 1. The molecular weight excluding hydrogens is 685 g/mol. The number of pyridine rings is 3. The van der Waals surface area contributed by atoms with Crippen LogP contribution in [0.1, 0.15) is 12.0 Å². The Hall–Kier alpha value is -7.44. The van der Waals surface area contributed by atoms with Crippen LogP contribution in [0.2, 0.25) is 0 Å². The number of aromatic nitrogens is 5. The fourth-order valence-electron chi connectivity index (χ4n) is 8.54. The molecule has 1 aliphatic rings. The number of rotatable bonds is 6. The Balaban J connectivity index is 1.06. The zero-order valence-corrected chi connectivity index (χ0v) is 30.4. The smallest absolute Gasteiger partial charge is 0.0724 e. The first-order chi connectivity index (χ1) is 27.8. The quantitative estimate of drug-likeness (QED) is 0.172. The Morgan fingerprint density at radius 3 is 1.57 bits per heavy atom. The highest BCUT2D eigenvalue weighted by Gasteiger charge is 2.19. The van der Waals surface area contributed by atoms with Crippen LogP contribution in [0.3, 0.4) is 0 Å². The van der Waals surface area contributed by atoms with E-state index in [9.17, 15) is 0 Å². The molecular formula is C50H34N6. The van der Waals surface area contributed by atoms with E-state index in [2.05, 4.69) is 159 Å². The Morgan fingerprint density at radius 2 is 0.982 bits per heavy atom. The third kappa shape index (κ3) is 5.18. The van der Waals surface area contributed by atoms with Gasteiger partial charge >= 0.3 is 0 Å². The molecule has 0 atom stereocenters. The molecule has 5 aromatic carbocycles. The van der Waals surface area contributed by atoms with E-state index in [-0.39, 0.29) is 0 Å².